The third-order valence-corrected chi connectivity index (χ3v) is 3.39. The predicted molar refractivity (Wildman–Crippen MR) is 72.5 cm³/mol. The summed E-state index contributed by atoms with van der Waals surface area (Å²) >= 11 is 5.00. The van der Waals surface area contributed by atoms with Gasteiger partial charge in [-0.2, -0.15) is 0 Å². The maximum atomic E-state index is 12.3. The van der Waals surface area contributed by atoms with Crippen LogP contribution in [0.25, 0.3) is 0 Å². The van der Waals surface area contributed by atoms with Gasteiger partial charge in [0.05, 0.1) is 11.0 Å². The number of nitrogens with zero attached hydrogens (tertiary/aromatic N) is 1. The van der Waals surface area contributed by atoms with Crippen molar-refractivity contribution in [3.63, 3.8) is 0 Å². The molecule has 0 radical (unpaired) electrons. The molecule has 0 spiro atoms. The number of pyridine rings is 1. The molecule has 1 aliphatic rings. The van der Waals surface area contributed by atoms with Gasteiger partial charge in [-0.3, -0.25) is 9.59 Å². The molecule has 0 saturated carbocycles. The first-order valence-electron chi connectivity index (χ1n) is 5.88. The number of piperidine rings is 1. The number of aromatic amines is 1. The minimum absolute atomic E-state index is 0.182. The Morgan fingerprint density at radius 3 is 2.94 bits per heavy atom. The Balaban J connectivity index is 2.26. The smallest absolute Gasteiger partial charge is 0.254 e. The van der Waals surface area contributed by atoms with E-state index in [0.29, 0.717) is 17.1 Å². The minimum atomic E-state index is -0.287. The van der Waals surface area contributed by atoms with Crippen LogP contribution in [0.2, 0.25) is 0 Å². The molecule has 5 nitrogen and oxygen atoms in total. The number of likely N-dealkylation sites (tertiary alicyclic amines) is 1. The van der Waals surface area contributed by atoms with Crippen molar-refractivity contribution < 1.29 is 4.79 Å². The average molecular weight is 265 g/mol. The molecule has 1 saturated heterocycles. The largest absolute Gasteiger partial charge is 0.392 e. The summed E-state index contributed by atoms with van der Waals surface area (Å²) in [6.45, 7) is 0.633. The number of carbonyl (C=O) groups is 1. The molecule has 18 heavy (non-hydrogen) atoms. The molecule has 1 aromatic rings. The SMILES string of the molecule is NC(=S)C1CCCCN1C(=O)c1cc[nH]c(=O)c1. The fourth-order valence-corrected chi connectivity index (χ4v) is 2.46. The van der Waals surface area contributed by atoms with E-state index in [9.17, 15) is 9.59 Å². The molecule has 1 fully saturated rings. The third kappa shape index (κ3) is 2.59. The lowest BCUT2D eigenvalue weighted by atomic mass is 10.0. The van der Waals surface area contributed by atoms with Crippen molar-refractivity contribution in [2.45, 2.75) is 25.3 Å². The standard InChI is InChI=1S/C12H15N3O2S/c13-11(18)9-3-1-2-6-15(9)12(17)8-4-5-14-10(16)7-8/h4-5,7,9H,1-3,6H2,(H2,13,18)(H,14,16). The molecule has 0 bridgehead atoms. The zero-order valence-corrected chi connectivity index (χ0v) is 10.7. The summed E-state index contributed by atoms with van der Waals surface area (Å²) < 4.78 is 0. The van der Waals surface area contributed by atoms with Crippen LogP contribution in [0.15, 0.2) is 23.1 Å². The Labute approximate surface area is 110 Å². The van der Waals surface area contributed by atoms with Crippen molar-refractivity contribution >= 4 is 23.1 Å². The van der Waals surface area contributed by atoms with Crippen LogP contribution in [0.1, 0.15) is 29.6 Å². The maximum absolute atomic E-state index is 12.3. The highest BCUT2D eigenvalue weighted by atomic mass is 32.1. The lowest BCUT2D eigenvalue weighted by Gasteiger charge is -2.35. The van der Waals surface area contributed by atoms with Gasteiger partial charge in [0.25, 0.3) is 5.91 Å². The van der Waals surface area contributed by atoms with Gasteiger partial charge in [0.1, 0.15) is 0 Å². The number of nitrogens with two attached hydrogens (primary N) is 1. The molecule has 0 aliphatic carbocycles. The number of carbonyl (C=O) groups excluding carboxylic acids is 1. The van der Waals surface area contributed by atoms with E-state index in [2.05, 4.69) is 4.98 Å². The van der Waals surface area contributed by atoms with Crippen LogP contribution in [0, 0.1) is 0 Å². The number of hydrogen-bond donors (Lipinski definition) is 2. The van der Waals surface area contributed by atoms with E-state index in [1.807, 2.05) is 0 Å². The fourth-order valence-electron chi connectivity index (χ4n) is 2.21. The number of amides is 1. The van der Waals surface area contributed by atoms with Crippen molar-refractivity contribution in [3.05, 3.63) is 34.2 Å². The van der Waals surface area contributed by atoms with Crippen LogP contribution < -0.4 is 11.3 Å². The van der Waals surface area contributed by atoms with Crippen molar-refractivity contribution in [3.8, 4) is 0 Å². The monoisotopic (exact) mass is 265 g/mol. The molecule has 0 aromatic carbocycles. The van der Waals surface area contributed by atoms with Crippen LogP contribution in [0.4, 0.5) is 0 Å². The van der Waals surface area contributed by atoms with E-state index in [1.54, 1.807) is 11.0 Å². The van der Waals surface area contributed by atoms with Gasteiger partial charge in [-0.05, 0) is 25.3 Å². The summed E-state index contributed by atoms with van der Waals surface area (Å²) in [6.07, 6.45) is 4.22. The number of aromatic nitrogens is 1. The van der Waals surface area contributed by atoms with Crippen LogP contribution in [0.5, 0.6) is 0 Å². The quantitative estimate of drug-likeness (QED) is 0.770. The Bertz CT molecular complexity index is 526. The molecule has 6 heteroatoms. The predicted octanol–water partition coefficient (Wildman–Crippen LogP) is 0.656. The summed E-state index contributed by atoms with van der Waals surface area (Å²) in [5, 5.41) is 0. The highest BCUT2D eigenvalue weighted by Crippen LogP contribution is 2.19. The summed E-state index contributed by atoms with van der Waals surface area (Å²) in [5.41, 5.74) is 5.76. The van der Waals surface area contributed by atoms with Gasteiger partial charge in [-0.25, -0.2) is 0 Å². The van der Waals surface area contributed by atoms with Gasteiger partial charge in [-0.15, -0.1) is 0 Å². The molecule has 1 amide bonds. The first-order chi connectivity index (χ1) is 8.59. The second-order valence-electron chi connectivity index (χ2n) is 4.35. The Morgan fingerprint density at radius 1 is 1.50 bits per heavy atom. The van der Waals surface area contributed by atoms with E-state index in [1.165, 1.54) is 12.3 Å². The van der Waals surface area contributed by atoms with E-state index in [4.69, 9.17) is 18.0 Å². The average Bonchev–Trinajstić information content (AvgIpc) is 2.38. The summed E-state index contributed by atoms with van der Waals surface area (Å²) in [5.74, 6) is -0.182. The van der Waals surface area contributed by atoms with Crippen LogP contribution in [-0.2, 0) is 0 Å². The van der Waals surface area contributed by atoms with Gasteiger partial charge < -0.3 is 15.6 Å². The first kappa shape index (κ1) is 12.8. The zero-order chi connectivity index (χ0) is 13.1. The van der Waals surface area contributed by atoms with E-state index in [-0.39, 0.29) is 17.5 Å². The summed E-state index contributed by atoms with van der Waals surface area (Å²) in [6, 6.07) is 2.70. The van der Waals surface area contributed by atoms with Gasteiger partial charge >= 0.3 is 0 Å². The summed E-state index contributed by atoms with van der Waals surface area (Å²) in [7, 11) is 0. The Morgan fingerprint density at radius 2 is 2.28 bits per heavy atom. The maximum Gasteiger partial charge on any atom is 0.254 e. The van der Waals surface area contributed by atoms with Crippen molar-refractivity contribution in [1.82, 2.24) is 9.88 Å². The number of nitrogens with one attached hydrogen (secondary N) is 1. The fraction of sp³-hybridized carbons (Fsp3) is 0.417. The van der Waals surface area contributed by atoms with Gasteiger partial charge in [0, 0.05) is 24.4 Å². The van der Waals surface area contributed by atoms with Crippen LogP contribution in [0.3, 0.4) is 0 Å². The number of H-pyrrole nitrogens is 1. The van der Waals surface area contributed by atoms with Crippen molar-refractivity contribution in [2.24, 2.45) is 5.73 Å². The summed E-state index contributed by atoms with van der Waals surface area (Å²) in [4.78, 5) is 28.0. The van der Waals surface area contributed by atoms with Gasteiger partial charge in [0.2, 0.25) is 5.56 Å². The van der Waals surface area contributed by atoms with Crippen molar-refractivity contribution in [2.75, 3.05) is 6.54 Å². The van der Waals surface area contributed by atoms with Crippen molar-refractivity contribution in [1.29, 1.82) is 0 Å². The van der Waals surface area contributed by atoms with Gasteiger partial charge in [-0.1, -0.05) is 12.2 Å². The number of hydrogen-bond acceptors (Lipinski definition) is 3. The Kier molecular flexibility index (Phi) is 3.76. The topological polar surface area (TPSA) is 79.2 Å². The van der Waals surface area contributed by atoms with Gasteiger partial charge in [0.15, 0.2) is 0 Å². The normalized spacial score (nSPS) is 19.6. The second kappa shape index (κ2) is 5.30. The first-order valence-corrected chi connectivity index (χ1v) is 6.29. The molecular formula is C12H15N3O2S. The molecule has 1 unspecified atom stereocenters. The number of thiocarbonyl (C=S) groups is 1. The lowest BCUT2D eigenvalue weighted by Crippen LogP contribution is -2.49. The zero-order valence-electron chi connectivity index (χ0n) is 9.89. The molecule has 3 N–H and O–H groups in total. The molecule has 2 rings (SSSR count). The molecule has 1 atom stereocenters. The van der Waals surface area contributed by atoms with E-state index >= 15 is 0 Å². The number of rotatable bonds is 2. The molecule has 1 aromatic heterocycles. The Hall–Kier alpha value is -1.69. The highest BCUT2D eigenvalue weighted by Gasteiger charge is 2.29. The lowest BCUT2D eigenvalue weighted by molar-refractivity contribution is 0.0681. The third-order valence-electron chi connectivity index (χ3n) is 3.11. The highest BCUT2D eigenvalue weighted by molar-refractivity contribution is 7.80. The molecule has 96 valence electrons. The van der Waals surface area contributed by atoms with E-state index < -0.39 is 0 Å². The second-order valence-corrected chi connectivity index (χ2v) is 4.83. The molecule has 1 aliphatic heterocycles. The minimum Gasteiger partial charge on any atom is -0.392 e. The van der Waals surface area contributed by atoms with Crippen LogP contribution >= 0.6 is 12.2 Å². The van der Waals surface area contributed by atoms with Crippen LogP contribution in [-0.4, -0.2) is 33.4 Å². The van der Waals surface area contributed by atoms with E-state index in [0.717, 1.165) is 19.3 Å². The molecule has 2 heterocycles. The molecular weight excluding hydrogens is 250 g/mol.